The van der Waals surface area contributed by atoms with E-state index in [0.717, 1.165) is 17.8 Å². The first-order chi connectivity index (χ1) is 8.14. The number of piperidine rings is 1. The van der Waals surface area contributed by atoms with Crippen molar-refractivity contribution in [3.8, 4) is 0 Å². The summed E-state index contributed by atoms with van der Waals surface area (Å²) in [4.78, 5) is 7.32. The van der Waals surface area contributed by atoms with E-state index in [9.17, 15) is 0 Å². The fraction of sp³-hybridized carbons (Fsp3) is 0.769. The van der Waals surface area contributed by atoms with E-state index < -0.39 is 0 Å². The number of aromatic nitrogens is 1. The predicted molar refractivity (Wildman–Crippen MR) is 71.4 cm³/mol. The van der Waals surface area contributed by atoms with Gasteiger partial charge >= 0.3 is 0 Å². The third-order valence-electron chi connectivity index (χ3n) is 4.66. The van der Waals surface area contributed by atoms with Crippen LogP contribution in [0.1, 0.15) is 36.4 Å². The molecule has 2 aliphatic heterocycles. The maximum atomic E-state index is 4.74. The second-order valence-corrected chi connectivity index (χ2v) is 6.44. The molecule has 1 aromatic heterocycles. The van der Waals surface area contributed by atoms with Gasteiger partial charge in [-0.2, -0.15) is 0 Å². The lowest BCUT2D eigenvalue weighted by Gasteiger charge is -2.44. The quantitative estimate of drug-likeness (QED) is 0.872. The zero-order chi connectivity index (χ0) is 12.0. The van der Waals surface area contributed by atoms with Crippen molar-refractivity contribution >= 4 is 11.3 Å². The number of nitrogens with zero attached hydrogens (tertiary/aromatic N) is 2. The van der Waals surface area contributed by atoms with Crippen LogP contribution in [-0.2, 0) is 5.54 Å². The molecule has 3 nitrogen and oxygen atoms in total. The summed E-state index contributed by atoms with van der Waals surface area (Å²) in [7, 11) is 4.39. The molecule has 0 amide bonds. The standard InChI is InChI=1S/C13H21N3S/c1-9-8-17-12(15-9)13(14-2)6-10-4-5-11(7-13)16(10)3/h8,10-11,14H,4-7H2,1-3H3. The Morgan fingerprint density at radius 1 is 1.41 bits per heavy atom. The molecule has 0 aromatic carbocycles. The normalized spacial score (nSPS) is 37.6. The minimum atomic E-state index is 0.136. The summed E-state index contributed by atoms with van der Waals surface area (Å²) in [5.41, 5.74) is 1.29. The van der Waals surface area contributed by atoms with E-state index in [-0.39, 0.29) is 5.54 Å². The molecule has 0 radical (unpaired) electrons. The molecule has 0 aliphatic carbocycles. The largest absolute Gasteiger partial charge is 0.308 e. The highest BCUT2D eigenvalue weighted by Crippen LogP contribution is 2.45. The van der Waals surface area contributed by atoms with E-state index in [1.54, 1.807) is 0 Å². The van der Waals surface area contributed by atoms with Crippen LogP contribution in [0.4, 0.5) is 0 Å². The fourth-order valence-corrected chi connectivity index (χ4v) is 4.56. The molecule has 4 heteroatoms. The van der Waals surface area contributed by atoms with Crippen LogP contribution in [0, 0.1) is 6.92 Å². The predicted octanol–water partition coefficient (Wildman–Crippen LogP) is 2.12. The number of thiazole rings is 1. The van der Waals surface area contributed by atoms with Crippen LogP contribution >= 0.6 is 11.3 Å². The van der Waals surface area contributed by atoms with Crippen LogP contribution in [0.2, 0.25) is 0 Å². The number of aryl methyl sites for hydroxylation is 1. The van der Waals surface area contributed by atoms with Crippen molar-refractivity contribution in [3.63, 3.8) is 0 Å². The van der Waals surface area contributed by atoms with Gasteiger partial charge in [-0.25, -0.2) is 4.98 Å². The molecule has 2 aliphatic rings. The van der Waals surface area contributed by atoms with E-state index in [1.807, 2.05) is 11.3 Å². The Hall–Kier alpha value is -0.450. The monoisotopic (exact) mass is 251 g/mol. The Morgan fingerprint density at radius 2 is 2.06 bits per heavy atom. The summed E-state index contributed by atoms with van der Waals surface area (Å²) in [5, 5.41) is 7.06. The molecule has 1 N–H and O–H groups in total. The summed E-state index contributed by atoms with van der Waals surface area (Å²) >= 11 is 1.82. The Labute approximate surface area is 107 Å². The molecular weight excluding hydrogens is 230 g/mol. The minimum absolute atomic E-state index is 0.136. The first-order valence-electron chi connectivity index (χ1n) is 6.48. The molecule has 2 unspecified atom stereocenters. The van der Waals surface area contributed by atoms with Gasteiger partial charge in [-0.3, -0.25) is 0 Å². The fourth-order valence-electron chi connectivity index (χ4n) is 3.53. The van der Waals surface area contributed by atoms with Crippen LogP contribution in [0.5, 0.6) is 0 Å². The minimum Gasteiger partial charge on any atom is -0.308 e. The van der Waals surface area contributed by atoms with Gasteiger partial charge in [0, 0.05) is 23.2 Å². The summed E-state index contributed by atoms with van der Waals surface area (Å²) in [5.74, 6) is 0. The highest BCUT2D eigenvalue weighted by atomic mass is 32.1. The number of rotatable bonds is 2. The molecule has 2 atom stereocenters. The zero-order valence-electron chi connectivity index (χ0n) is 10.9. The summed E-state index contributed by atoms with van der Waals surface area (Å²) < 4.78 is 0. The SMILES string of the molecule is CNC1(c2nc(C)cs2)CC2CCC(C1)N2C. The van der Waals surface area contributed by atoms with Crippen LogP contribution < -0.4 is 5.32 Å². The topological polar surface area (TPSA) is 28.2 Å². The van der Waals surface area contributed by atoms with Gasteiger partial charge < -0.3 is 10.2 Å². The molecular formula is C13H21N3S. The third kappa shape index (κ3) is 1.74. The molecule has 1 aromatic rings. The van der Waals surface area contributed by atoms with E-state index in [4.69, 9.17) is 4.98 Å². The zero-order valence-corrected chi connectivity index (χ0v) is 11.7. The summed E-state index contributed by atoms with van der Waals surface area (Å²) in [6, 6.07) is 1.48. The van der Waals surface area contributed by atoms with Crippen LogP contribution in [0.3, 0.4) is 0 Å². The van der Waals surface area contributed by atoms with Crippen molar-refractivity contribution in [2.75, 3.05) is 14.1 Å². The van der Waals surface area contributed by atoms with E-state index in [1.165, 1.54) is 30.7 Å². The van der Waals surface area contributed by atoms with Gasteiger partial charge in [0.25, 0.3) is 0 Å². The molecule has 2 saturated heterocycles. The maximum Gasteiger partial charge on any atom is 0.113 e. The first-order valence-corrected chi connectivity index (χ1v) is 7.36. The molecule has 2 fully saturated rings. The Kier molecular flexibility index (Phi) is 2.76. The summed E-state index contributed by atoms with van der Waals surface area (Å²) in [6.07, 6.45) is 5.14. The van der Waals surface area contributed by atoms with Crippen molar-refractivity contribution in [1.29, 1.82) is 0 Å². The van der Waals surface area contributed by atoms with Crippen molar-refractivity contribution in [2.24, 2.45) is 0 Å². The number of fused-ring (bicyclic) bond motifs is 2. The average Bonchev–Trinajstić information content (AvgIpc) is 2.82. The van der Waals surface area contributed by atoms with Gasteiger partial charge in [0.2, 0.25) is 0 Å². The summed E-state index contributed by atoms with van der Waals surface area (Å²) in [6.45, 7) is 2.09. The highest BCUT2D eigenvalue weighted by molar-refractivity contribution is 7.09. The van der Waals surface area contributed by atoms with Crippen molar-refractivity contribution in [1.82, 2.24) is 15.2 Å². The molecule has 17 heavy (non-hydrogen) atoms. The van der Waals surface area contributed by atoms with Crippen molar-refractivity contribution < 1.29 is 0 Å². The van der Waals surface area contributed by atoms with Crippen LogP contribution in [0.15, 0.2) is 5.38 Å². The molecule has 3 heterocycles. The third-order valence-corrected chi connectivity index (χ3v) is 5.82. The highest BCUT2D eigenvalue weighted by Gasteiger charge is 2.48. The van der Waals surface area contributed by atoms with Gasteiger partial charge in [0.15, 0.2) is 0 Å². The van der Waals surface area contributed by atoms with Crippen LogP contribution in [0.25, 0.3) is 0 Å². The van der Waals surface area contributed by atoms with Gasteiger partial charge in [-0.15, -0.1) is 11.3 Å². The Balaban J connectivity index is 1.94. The van der Waals surface area contributed by atoms with Crippen molar-refractivity contribution in [2.45, 2.75) is 50.2 Å². The second kappa shape index (κ2) is 4.04. The Morgan fingerprint density at radius 3 is 2.53 bits per heavy atom. The van der Waals surface area contributed by atoms with Gasteiger partial charge in [0.05, 0.1) is 5.54 Å². The van der Waals surface area contributed by atoms with E-state index in [0.29, 0.717) is 0 Å². The molecule has 3 rings (SSSR count). The number of hydrogen-bond acceptors (Lipinski definition) is 4. The Bertz CT molecular complexity index is 401. The number of nitrogens with one attached hydrogen (secondary N) is 1. The smallest absolute Gasteiger partial charge is 0.113 e. The molecule has 2 bridgehead atoms. The van der Waals surface area contributed by atoms with Crippen molar-refractivity contribution in [3.05, 3.63) is 16.1 Å². The average molecular weight is 251 g/mol. The van der Waals surface area contributed by atoms with Gasteiger partial charge in [-0.05, 0) is 46.7 Å². The first kappa shape index (κ1) is 11.6. The lowest BCUT2D eigenvalue weighted by atomic mass is 9.83. The van der Waals surface area contributed by atoms with Gasteiger partial charge in [-0.1, -0.05) is 0 Å². The lowest BCUT2D eigenvalue weighted by Crippen LogP contribution is -2.53. The molecule has 94 valence electrons. The van der Waals surface area contributed by atoms with E-state index in [2.05, 4.69) is 36.6 Å². The molecule has 0 spiro atoms. The van der Waals surface area contributed by atoms with Gasteiger partial charge in [0.1, 0.15) is 5.01 Å². The van der Waals surface area contributed by atoms with E-state index >= 15 is 0 Å². The number of hydrogen-bond donors (Lipinski definition) is 1. The maximum absolute atomic E-state index is 4.74. The second-order valence-electron chi connectivity index (χ2n) is 5.58. The lowest BCUT2D eigenvalue weighted by molar-refractivity contribution is 0.0938. The van der Waals surface area contributed by atoms with Crippen LogP contribution in [-0.4, -0.2) is 36.1 Å². The molecule has 0 saturated carbocycles.